The van der Waals surface area contributed by atoms with Crippen LogP contribution < -0.4 is 10.1 Å². The lowest BCUT2D eigenvalue weighted by molar-refractivity contribution is -0.113. The minimum absolute atomic E-state index is 0.0633. The van der Waals surface area contributed by atoms with Gasteiger partial charge in [0.1, 0.15) is 11.6 Å². The van der Waals surface area contributed by atoms with Gasteiger partial charge >= 0.3 is 0 Å². The number of nitrogens with one attached hydrogen (secondary N) is 1. The van der Waals surface area contributed by atoms with Gasteiger partial charge in [-0.3, -0.25) is 4.79 Å². The molecule has 0 aliphatic rings. The number of ether oxygens (including phenoxy) is 1. The first-order valence-electron chi connectivity index (χ1n) is 9.71. The fraction of sp³-hybridized carbons (Fsp3) is 0.174. The van der Waals surface area contributed by atoms with E-state index in [4.69, 9.17) is 9.72 Å². The van der Waals surface area contributed by atoms with E-state index >= 15 is 0 Å². The molecule has 1 amide bonds. The highest BCUT2D eigenvalue weighted by molar-refractivity contribution is 7.99. The smallest absolute Gasteiger partial charge is 0.235 e. The van der Waals surface area contributed by atoms with Gasteiger partial charge in [-0.15, -0.1) is 23.1 Å². The Morgan fingerprint density at radius 2 is 2.00 bits per heavy atom. The van der Waals surface area contributed by atoms with E-state index in [0.717, 1.165) is 28.5 Å². The van der Waals surface area contributed by atoms with Crippen molar-refractivity contribution in [2.75, 3.05) is 18.2 Å². The average molecular weight is 451 g/mol. The molecule has 0 spiro atoms. The van der Waals surface area contributed by atoms with Gasteiger partial charge < -0.3 is 10.1 Å². The Hall–Kier alpha value is -3.10. The second-order valence-electron chi connectivity index (χ2n) is 6.86. The summed E-state index contributed by atoms with van der Waals surface area (Å²) in [5, 5.41) is 10.2. The Labute approximate surface area is 189 Å². The van der Waals surface area contributed by atoms with Crippen molar-refractivity contribution in [1.82, 2.24) is 14.8 Å². The van der Waals surface area contributed by atoms with Gasteiger partial charge in [0, 0.05) is 22.8 Å². The van der Waals surface area contributed by atoms with Crippen molar-refractivity contribution in [2.24, 2.45) is 0 Å². The number of aromatic nitrogens is 3. The predicted octanol–water partition coefficient (Wildman–Crippen LogP) is 5.18. The van der Waals surface area contributed by atoms with Gasteiger partial charge in [-0.05, 0) is 24.6 Å². The summed E-state index contributed by atoms with van der Waals surface area (Å²) in [5.41, 5.74) is 3.82. The first-order valence-corrected chi connectivity index (χ1v) is 11.7. The lowest BCUT2D eigenvalue weighted by atomic mass is 10.2. The quantitative estimate of drug-likeness (QED) is 0.400. The van der Waals surface area contributed by atoms with Crippen LogP contribution in [0.15, 0.2) is 66.0 Å². The summed E-state index contributed by atoms with van der Waals surface area (Å²) in [6.07, 6.45) is 0. The van der Waals surface area contributed by atoms with Crippen molar-refractivity contribution in [3.63, 3.8) is 0 Å². The Kier molecular flexibility index (Phi) is 6.69. The summed E-state index contributed by atoms with van der Waals surface area (Å²) in [4.78, 5) is 17.2. The maximum Gasteiger partial charge on any atom is 0.235 e. The lowest BCUT2D eigenvalue weighted by Gasteiger charge is -2.07. The first-order chi connectivity index (χ1) is 15.1. The highest BCUT2D eigenvalue weighted by atomic mass is 32.2. The van der Waals surface area contributed by atoms with Gasteiger partial charge in [-0.1, -0.05) is 42.5 Å². The number of carbonyl (C=O) groups excluding carboxylic acids is 1. The van der Waals surface area contributed by atoms with E-state index < -0.39 is 0 Å². The van der Waals surface area contributed by atoms with E-state index in [0.29, 0.717) is 16.7 Å². The van der Waals surface area contributed by atoms with Crippen molar-refractivity contribution >= 4 is 34.8 Å². The van der Waals surface area contributed by atoms with E-state index in [2.05, 4.69) is 22.5 Å². The highest BCUT2D eigenvalue weighted by Crippen LogP contribution is 2.28. The van der Waals surface area contributed by atoms with Gasteiger partial charge in [-0.2, -0.15) is 9.78 Å². The molecular formula is C23H22N4O2S2. The summed E-state index contributed by atoms with van der Waals surface area (Å²) in [7, 11) is 1.64. The number of aryl methyl sites for hydroxylation is 1. The third-order valence-electron chi connectivity index (χ3n) is 4.48. The van der Waals surface area contributed by atoms with E-state index in [9.17, 15) is 4.79 Å². The molecule has 0 unspecified atom stereocenters. The van der Waals surface area contributed by atoms with Crippen LogP contribution >= 0.6 is 23.1 Å². The third kappa shape index (κ3) is 5.34. The summed E-state index contributed by atoms with van der Waals surface area (Å²) >= 11 is 3.05. The van der Waals surface area contributed by atoms with Gasteiger partial charge in [0.05, 0.1) is 24.3 Å². The first kappa shape index (κ1) is 21.1. The number of hydrogen-bond acceptors (Lipinski definition) is 6. The summed E-state index contributed by atoms with van der Waals surface area (Å²) < 4.78 is 6.99. The van der Waals surface area contributed by atoms with Gasteiger partial charge in [0.2, 0.25) is 11.0 Å². The summed E-state index contributed by atoms with van der Waals surface area (Å²) in [5.74, 6) is 2.50. The van der Waals surface area contributed by atoms with Crippen LogP contribution in [-0.4, -0.2) is 33.5 Å². The number of amides is 1. The molecule has 2 heterocycles. The van der Waals surface area contributed by atoms with Crippen LogP contribution in [0.1, 0.15) is 11.3 Å². The molecular weight excluding hydrogens is 428 g/mol. The molecule has 2 aromatic carbocycles. The molecule has 158 valence electrons. The number of thioether (sulfide) groups is 1. The number of thiazole rings is 1. The molecule has 0 aliphatic heterocycles. The molecule has 0 radical (unpaired) electrons. The van der Waals surface area contributed by atoms with Crippen molar-refractivity contribution in [1.29, 1.82) is 0 Å². The summed E-state index contributed by atoms with van der Waals surface area (Å²) in [6, 6.07) is 19.7. The van der Waals surface area contributed by atoms with Crippen molar-refractivity contribution in [3.05, 3.63) is 77.3 Å². The average Bonchev–Trinajstić information content (AvgIpc) is 3.41. The van der Waals surface area contributed by atoms with E-state index in [1.807, 2.05) is 60.8 Å². The van der Waals surface area contributed by atoms with E-state index in [-0.39, 0.29) is 5.91 Å². The zero-order valence-corrected chi connectivity index (χ0v) is 18.9. The minimum Gasteiger partial charge on any atom is -0.497 e. The second kappa shape index (κ2) is 9.80. The monoisotopic (exact) mass is 450 g/mol. The predicted molar refractivity (Wildman–Crippen MR) is 127 cm³/mol. The lowest BCUT2D eigenvalue weighted by Crippen LogP contribution is -2.17. The number of hydrogen-bond donors (Lipinski definition) is 1. The molecule has 6 nitrogen and oxygen atoms in total. The molecule has 0 aliphatic carbocycles. The topological polar surface area (TPSA) is 69.0 Å². The fourth-order valence-electron chi connectivity index (χ4n) is 3.03. The minimum atomic E-state index is -0.0633. The maximum absolute atomic E-state index is 12.5. The van der Waals surface area contributed by atoms with Crippen LogP contribution in [0, 0.1) is 6.92 Å². The van der Waals surface area contributed by atoms with Gasteiger partial charge in [0.25, 0.3) is 0 Å². The van der Waals surface area contributed by atoms with Crippen molar-refractivity contribution in [3.8, 4) is 22.1 Å². The molecule has 8 heteroatoms. The zero-order chi connectivity index (χ0) is 21.6. The molecule has 0 fully saturated rings. The van der Waals surface area contributed by atoms with E-state index in [1.54, 1.807) is 23.6 Å². The SMILES string of the molecule is COc1cccc(-c2csc(-n3nc(C)cc3NC(=O)CSCc3ccccc3)n2)c1. The fourth-order valence-corrected chi connectivity index (χ4v) is 4.61. The number of benzene rings is 2. The summed E-state index contributed by atoms with van der Waals surface area (Å²) in [6.45, 7) is 1.90. The van der Waals surface area contributed by atoms with Crippen LogP contribution in [0.5, 0.6) is 5.75 Å². The standard InChI is InChI=1S/C23H22N4O2S2/c1-16-11-21(25-22(28)15-30-13-17-7-4-3-5-8-17)27(26-16)23-24-20(14-31-23)18-9-6-10-19(12-18)29-2/h3-12,14H,13,15H2,1-2H3,(H,25,28). The number of anilines is 1. The Morgan fingerprint density at radius 3 is 2.81 bits per heavy atom. The highest BCUT2D eigenvalue weighted by Gasteiger charge is 2.15. The normalized spacial score (nSPS) is 10.8. The molecule has 1 N–H and O–H groups in total. The van der Waals surface area contributed by atoms with Gasteiger partial charge in [-0.25, -0.2) is 4.98 Å². The second-order valence-corrected chi connectivity index (χ2v) is 8.68. The van der Waals surface area contributed by atoms with Crippen LogP contribution in [0.4, 0.5) is 5.82 Å². The van der Waals surface area contributed by atoms with Crippen molar-refractivity contribution < 1.29 is 9.53 Å². The van der Waals surface area contributed by atoms with Gasteiger partial charge in [0.15, 0.2) is 0 Å². The van der Waals surface area contributed by atoms with E-state index in [1.165, 1.54) is 16.9 Å². The van der Waals surface area contributed by atoms with Crippen LogP contribution in [0.3, 0.4) is 0 Å². The van der Waals surface area contributed by atoms with Crippen LogP contribution in [-0.2, 0) is 10.5 Å². The largest absolute Gasteiger partial charge is 0.497 e. The molecule has 4 rings (SSSR count). The molecule has 4 aromatic rings. The molecule has 0 atom stereocenters. The number of nitrogens with zero attached hydrogens (tertiary/aromatic N) is 3. The third-order valence-corrected chi connectivity index (χ3v) is 6.30. The molecule has 2 aromatic heterocycles. The molecule has 31 heavy (non-hydrogen) atoms. The Bertz CT molecular complexity index is 1170. The Balaban J connectivity index is 1.45. The molecule has 0 saturated carbocycles. The zero-order valence-electron chi connectivity index (χ0n) is 17.2. The molecule has 0 bridgehead atoms. The van der Waals surface area contributed by atoms with Crippen molar-refractivity contribution in [2.45, 2.75) is 12.7 Å². The number of rotatable bonds is 8. The number of methoxy groups -OCH3 is 1. The molecule has 0 saturated heterocycles. The maximum atomic E-state index is 12.5. The number of carbonyl (C=O) groups is 1. The van der Waals surface area contributed by atoms with Crippen LogP contribution in [0.2, 0.25) is 0 Å². The Morgan fingerprint density at radius 1 is 1.16 bits per heavy atom. The van der Waals surface area contributed by atoms with Crippen LogP contribution in [0.25, 0.3) is 16.4 Å².